The summed E-state index contributed by atoms with van der Waals surface area (Å²) in [6.07, 6.45) is -2.76. The van der Waals surface area contributed by atoms with Crippen LogP contribution in [0.25, 0.3) is 0 Å². The summed E-state index contributed by atoms with van der Waals surface area (Å²) in [4.78, 5) is 18.7. The molecule has 0 aromatic heterocycles. The fourth-order valence-corrected chi connectivity index (χ4v) is 4.37. The number of nitrogens with two attached hydrogens (primary N) is 1. The number of aryl methyl sites for hydroxylation is 1. The van der Waals surface area contributed by atoms with Crippen molar-refractivity contribution in [2.45, 2.75) is 47.7 Å². The third-order valence-corrected chi connectivity index (χ3v) is 5.97. The van der Waals surface area contributed by atoms with Crippen molar-refractivity contribution in [2.75, 3.05) is 6.61 Å². The van der Waals surface area contributed by atoms with Crippen molar-refractivity contribution in [2.24, 2.45) is 5.73 Å². The summed E-state index contributed by atoms with van der Waals surface area (Å²) in [5.74, 6) is 0. The molecule has 0 heterocycles. The Hall–Kier alpha value is -1.06. The van der Waals surface area contributed by atoms with Gasteiger partial charge in [-0.05, 0) is 62.1 Å². The van der Waals surface area contributed by atoms with E-state index in [1.54, 1.807) is 31.2 Å². The topological polar surface area (TPSA) is 92.8 Å². The largest absolute Gasteiger partial charge is 0.469 e. The maximum absolute atomic E-state index is 12.8. The molecule has 2 aromatic carbocycles. The zero-order valence-electron chi connectivity index (χ0n) is 16.0. The monoisotopic (exact) mass is 483 g/mol. The number of phosphoric ester groups is 1. The van der Waals surface area contributed by atoms with Crippen molar-refractivity contribution in [3.8, 4) is 0 Å². The van der Waals surface area contributed by atoms with E-state index in [9.17, 15) is 17.7 Å². The molecule has 2 aromatic rings. The minimum absolute atomic E-state index is 0.280. The lowest BCUT2D eigenvalue weighted by molar-refractivity contribution is -0.137. The molecule has 0 saturated heterocycles. The predicted molar refractivity (Wildman–Crippen MR) is 111 cm³/mol. The van der Waals surface area contributed by atoms with Crippen LogP contribution in [0.2, 0.25) is 5.02 Å². The summed E-state index contributed by atoms with van der Waals surface area (Å²) in [6.45, 7) is 1.36. The molecule has 0 saturated carbocycles. The van der Waals surface area contributed by atoms with Crippen molar-refractivity contribution < 1.29 is 32.0 Å². The molecule has 0 fully saturated rings. The van der Waals surface area contributed by atoms with Crippen molar-refractivity contribution in [3.05, 3.63) is 58.6 Å². The lowest BCUT2D eigenvalue weighted by Gasteiger charge is -2.24. The Morgan fingerprint density at radius 1 is 1.17 bits per heavy atom. The van der Waals surface area contributed by atoms with E-state index in [0.717, 1.165) is 17.7 Å². The lowest BCUT2D eigenvalue weighted by Crippen LogP contribution is -2.40. The first-order valence-electron chi connectivity index (χ1n) is 8.88. The SMILES string of the molecule is CC(N)(CCCc1ccc(Sc2cccc(C(F)(F)F)c2)cc1Cl)COP(=O)(O)O. The van der Waals surface area contributed by atoms with Gasteiger partial charge in [0, 0.05) is 20.4 Å². The van der Waals surface area contributed by atoms with Crippen molar-refractivity contribution in [1.82, 2.24) is 0 Å². The lowest BCUT2D eigenvalue weighted by atomic mass is 9.95. The normalized spacial score (nSPS) is 14.5. The van der Waals surface area contributed by atoms with Gasteiger partial charge in [-0.2, -0.15) is 13.2 Å². The van der Waals surface area contributed by atoms with Gasteiger partial charge in [-0.15, -0.1) is 0 Å². The maximum atomic E-state index is 12.8. The van der Waals surface area contributed by atoms with Gasteiger partial charge in [-0.3, -0.25) is 4.52 Å². The van der Waals surface area contributed by atoms with Crippen LogP contribution >= 0.6 is 31.2 Å². The second-order valence-electron chi connectivity index (χ2n) is 7.15. The van der Waals surface area contributed by atoms with Crippen LogP contribution in [0.3, 0.4) is 0 Å². The molecule has 0 aliphatic carbocycles. The molecule has 11 heteroatoms. The maximum Gasteiger partial charge on any atom is 0.469 e. The van der Waals surface area contributed by atoms with Crippen LogP contribution < -0.4 is 5.73 Å². The Labute approximate surface area is 182 Å². The number of hydrogen-bond acceptors (Lipinski definition) is 4. The molecule has 0 aliphatic heterocycles. The molecule has 166 valence electrons. The van der Waals surface area contributed by atoms with Gasteiger partial charge in [0.2, 0.25) is 0 Å². The second kappa shape index (κ2) is 10.0. The molecule has 4 N–H and O–H groups in total. The van der Waals surface area contributed by atoms with E-state index in [4.69, 9.17) is 27.1 Å². The van der Waals surface area contributed by atoms with Crippen LogP contribution in [0, 0.1) is 0 Å². The average molecular weight is 484 g/mol. The van der Waals surface area contributed by atoms with E-state index in [1.165, 1.54) is 17.8 Å². The van der Waals surface area contributed by atoms with E-state index >= 15 is 0 Å². The highest BCUT2D eigenvalue weighted by atomic mass is 35.5. The van der Waals surface area contributed by atoms with Gasteiger partial charge < -0.3 is 15.5 Å². The Morgan fingerprint density at radius 2 is 1.83 bits per heavy atom. The third kappa shape index (κ3) is 8.59. The van der Waals surface area contributed by atoms with E-state index in [-0.39, 0.29) is 6.61 Å². The number of phosphoric acid groups is 1. The number of rotatable bonds is 9. The molecule has 0 bridgehead atoms. The van der Waals surface area contributed by atoms with E-state index < -0.39 is 25.1 Å². The number of hydrogen-bond donors (Lipinski definition) is 3. The third-order valence-electron chi connectivity index (χ3n) is 4.18. The van der Waals surface area contributed by atoms with E-state index in [1.807, 2.05) is 0 Å². The summed E-state index contributed by atoms with van der Waals surface area (Å²) in [7, 11) is -4.57. The standard InChI is InChI=1S/C19H22ClF3NO4PS/c1-18(24,12-28-29(25,26)27)9-3-4-13-7-8-16(11-17(13)20)30-15-6-2-5-14(10-15)19(21,22)23/h2,5-8,10-11H,3-4,9,12,24H2,1H3,(H2,25,26,27). The molecule has 0 amide bonds. The zero-order chi connectivity index (χ0) is 22.6. The Kier molecular flexibility index (Phi) is 8.43. The summed E-state index contributed by atoms with van der Waals surface area (Å²) < 4.78 is 53.8. The van der Waals surface area contributed by atoms with Gasteiger partial charge >= 0.3 is 14.0 Å². The molecule has 2 rings (SSSR count). The average Bonchev–Trinajstić information content (AvgIpc) is 2.61. The van der Waals surface area contributed by atoms with Crippen LogP contribution in [0.5, 0.6) is 0 Å². The summed E-state index contributed by atoms with van der Waals surface area (Å²) in [5, 5.41) is 0.483. The molecule has 1 unspecified atom stereocenters. The molecule has 0 radical (unpaired) electrons. The van der Waals surface area contributed by atoms with Gasteiger partial charge in [0.25, 0.3) is 0 Å². The van der Waals surface area contributed by atoms with Gasteiger partial charge in [0.15, 0.2) is 0 Å². The fraction of sp³-hybridized carbons (Fsp3) is 0.368. The number of benzene rings is 2. The molecule has 0 spiro atoms. The van der Waals surface area contributed by atoms with Crippen LogP contribution in [0.15, 0.2) is 52.3 Å². The smallest absolute Gasteiger partial charge is 0.323 e. The van der Waals surface area contributed by atoms with Crippen LogP contribution in [0.1, 0.15) is 30.9 Å². The first kappa shape index (κ1) is 25.2. The molecule has 0 aliphatic rings. The van der Waals surface area contributed by atoms with Gasteiger partial charge in [-0.1, -0.05) is 35.5 Å². The molecule has 5 nitrogen and oxygen atoms in total. The Morgan fingerprint density at radius 3 is 2.43 bits per heavy atom. The predicted octanol–water partition coefficient (Wildman–Crippen LogP) is 5.66. The van der Waals surface area contributed by atoms with Crippen LogP contribution in [0.4, 0.5) is 13.2 Å². The minimum atomic E-state index is -4.57. The van der Waals surface area contributed by atoms with Gasteiger partial charge in [0.1, 0.15) is 0 Å². The molecule has 30 heavy (non-hydrogen) atoms. The zero-order valence-corrected chi connectivity index (χ0v) is 18.5. The Balaban J connectivity index is 1.95. The highest BCUT2D eigenvalue weighted by molar-refractivity contribution is 7.99. The van der Waals surface area contributed by atoms with E-state index in [0.29, 0.717) is 34.1 Å². The molecule has 1 atom stereocenters. The first-order valence-corrected chi connectivity index (χ1v) is 11.6. The Bertz CT molecular complexity index is 921. The van der Waals surface area contributed by atoms with Crippen molar-refractivity contribution >= 4 is 31.2 Å². The summed E-state index contributed by atoms with van der Waals surface area (Å²) in [5.41, 5.74) is 5.22. The number of halogens is 4. The van der Waals surface area contributed by atoms with Crippen LogP contribution in [-0.2, 0) is 21.7 Å². The van der Waals surface area contributed by atoms with Crippen molar-refractivity contribution in [3.63, 3.8) is 0 Å². The summed E-state index contributed by atoms with van der Waals surface area (Å²) in [6, 6.07) is 10.4. The van der Waals surface area contributed by atoms with Crippen LogP contribution in [-0.4, -0.2) is 21.9 Å². The summed E-state index contributed by atoms with van der Waals surface area (Å²) >= 11 is 7.50. The van der Waals surface area contributed by atoms with E-state index in [2.05, 4.69) is 4.52 Å². The molecular formula is C19H22ClF3NO4PS. The second-order valence-corrected chi connectivity index (χ2v) is 9.95. The quantitative estimate of drug-likeness (QED) is 0.399. The van der Waals surface area contributed by atoms with Gasteiger partial charge in [-0.25, -0.2) is 4.57 Å². The fourth-order valence-electron chi connectivity index (χ4n) is 2.65. The number of alkyl halides is 3. The highest BCUT2D eigenvalue weighted by Gasteiger charge is 2.30. The highest BCUT2D eigenvalue weighted by Crippen LogP contribution is 2.37. The first-order chi connectivity index (χ1) is 13.8. The van der Waals surface area contributed by atoms with Gasteiger partial charge in [0.05, 0.1) is 12.2 Å². The molecular weight excluding hydrogens is 462 g/mol. The van der Waals surface area contributed by atoms with Crippen molar-refractivity contribution in [1.29, 1.82) is 0 Å². The minimum Gasteiger partial charge on any atom is -0.323 e.